The highest BCUT2D eigenvalue weighted by Gasteiger charge is 2.36. The Bertz CT molecular complexity index is 917. The van der Waals surface area contributed by atoms with E-state index in [1.54, 1.807) is 6.92 Å². The summed E-state index contributed by atoms with van der Waals surface area (Å²) in [7, 11) is 0. The van der Waals surface area contributed by atoms with Crippen LogP contribution in [0.25, 0.3) is 0 Å². The van der Waals surface area contributed by atoms with Crippen LogP contribution < -0.4 is 0 Å². The first-order valence-electron chi connectivity index (χ1n) is 8.43. The summed E-state index contributed by atoms with van der Waals surface area (Å²) in [6.07, 6.45) is 2.99. The molecule has 2 aromatic carbocycles. The maximum atomic E-state index is 12.9. The summed E-state index contributed by atoms with van der Waals surface area (Å²) >= 11 is 3.35. The van der Waals surface area contributed by atoms with Crippen LogP contribution >= 0.6 is 15.9 Å². The van der Waals surface area contributed by atoms with Gasteiger partial charge in [0.25, 0.3) is 0 Å². The fourth-order valence-electron chi connectivity index (χ4n) is 3.38. The molecule has 26 heavy (non-hydrogen) atoms. The molecule has 0 spiro atoms. The van der Waals surface area contributed by atoms with Crippen LogP contribution in [0.1, 0.15) is 62.2 Å². The number of phenols is 3. The Morgan fingerprint density at radius 2 is 1.54 bits per heavy atom. The van der Waals surface area contributed by atoms with Gasteiger partial charge in [0.2, 0.25) is 5.78 Å². The summed E-state index contributed by atoms with van der Waals surface area (Å²) in [6, 6.07) is 4.19. The number of fused-ring (bicyclic) bond motifs is 2. The van der Waals surface area contributed by atoms with Gasteiger partial charge < -0.3 is 15.3 Å². The van der Waals surface area contributed by atoms with E-state index in [2.05, 4.69) is 15.9 Å². The van der Waals surface area contributed by atoms with Crippen molar-refractivity contribution in [1.82, 2.24) is 0 Å². The summed E-state index contributed by atoms with van der Waals surface area (Å²) in [6.45, 7) is 1.71. The predicted octanol–water partition coefficient (Wildman–Crippen LogP) is 3.99. The number of carbonyl (C=O) groups excluding carboxylic acids is 2. The molecule has 6 heteroatoms. The van der Waals surface area contributed by atoms with Crippen molar-refractivity contribution in [2.45, 2.75) is 32.6 Å². The van der Waals surface area contributed by atoms with Gasteiger partial charge in [-0.1, -0.05) is 22.4 Å². The fourth-order valence-corrected chi connectivity index (χ4v) is 3.78. The highest BCUT2D eigenvalue weighted by molar-refractivity contribution is 9.09. The first-order chi connectivity index (χ1) is 12.4. The van der Waals surface area contributed by atoms with Crippen LogP contribution in [0.2, 0.25) is 0 Å². The first kappa shape index (κ1) is 18.5. The largest absolute Gasteiger partial charge is 0.508 e. The van der Waals surface area contributed by atoms with Crippen LogP contribution in [0.5, 0.6) is 17.2 Å². The Hall–Kier alpha value is -2.34. The highest BCUT2D eigenvalue weighted by Crippen LogP contribution is 2.42. The molecule has 0 fully saturated rings. The van der Waals surface area contributed by atoms with Crippen molar-refractivity contribution in [1.29, 1.82) is 0 Å². The van der Waals surface area contributed by atoms with Gasteiger partial charge in [0, 0.05) is 22.0 Å². The summed E-state index contributed by atoms with van der Waals surface area (Å²) in [5.41, 5.74) is 0.710. The number of phenolic OH excluding ortho intramolecular Hbond substituents is 3. The minimum atomic E-state index is -0.605. The van der Waals surface area contributed by atoms with Crippen molar-refractivity contribution >= 4 is 27.5 Å². The van der Waals surface area contributed by atoms with Crippen LogP contribution in [-0.4, -0.2) is 32.2 Å². The number of hydrogen-bond acceptors (Lipinski definition) is 5. The molecule has 1 aliphatic rings. The molecule has 3 rings (SSSR count). The molecule has 5 nitrogen and oxygen atoms in total. The molecule has 0 unspecified atom stereocenters. The number of aryl methyl sites for hydroxylation is 1. The zero-order chi connectivity index (χ0) is 19.0. The van der Waals surface area contributed by atoms with E-state index < -0.39 is 11.6 Å². The van der Waals surface area contributed by atoms with Crippen LogP contribution in [0.4, 0.5) is 0 Å². The lowest BCUT2D eigenvalue weighted by Gasteiger charge is -2.22. The first-order valence-corrected chi connectivity index (χ1v) is 9.55. The van der Waals surface area contributed by atoms with Gasteiger partial charge in [-0.3, -0.25) is 9.59 Å². The second-order valence-corrected chi connectivity index (χ2v) is 7.30. The van der Waals surface area contributed by atoms with E-state index in [1.807, 2.05) is 0 Å². The number of carbonyl (C=O) groups is 2. The molecule has 1 aliphatic carbocycles. The third kappa shape index (κ3) is 2.98. The SMILES string of the molecule is Cc1cc(O)c2c(c1)C(=O)c1cc(O)c(CCCCCBr)c(O)c1C2=O. The van der Waals surface area contributed by atoms with Gasteiger partial charge in [0.1, 0.15) is 17.2 Å². The summed E-state index contributed by atoms with van der Waals surface area (Å²) in [5.74, 6) is -1.95. The molecule has 0 aliphatic heterocycles. The molecule has 0 heterocycles. The molecule has 0 saturated carbocycles. The van der Waals surface area contributed by atoms with Gasteiger partial charge in [-0.15, -0.1) is 0 Å². The van der Waals surface area contributed by atoms with Crippen molar-refractivity contribution in [2.75, 3.05) is 5.33 Å². The monoisotopic (exact) mass is 418 g/mol. The zero-order valence-electron chi connectivity index (χ0n) is 14.3. The minimum absolute atomic E-state index is 0.0355. The number of ketones is 2. The van der Waals surface area contributed by atoms with Gasteiger partial charge in [-0.05, 0) is 49.9 Å². The Labute approximate surface area is 159 Å². The predicted molar refractivity (Wildman–Crippen MR) is 101 cm³/mol. The van der Waals surface area contributed by atoms with E-state index in [1.165, 1.54) is 18.2 Å². The smallest absolute Gasteiger partial charge is 0.201 e. The standard InChI is InChI=1S/C20H19BrO5/c1-10-7-12-16(15(23)8-10)20(26)17-13(18(12)24)9-14(22)11(19(17)25)5-3-2-4-6-21/h7-9,22-23,25H,2-6H2,1H3. The van der Waals surface area contributed by atoms with Gasteiger partial charge in [0.05, 0.1) is 11.1 Å². The highest BCUT2D eigenvalue weighted by atomic mass is 79.9. The lowest BCUT2D eigenvalue weighted by Crippen LogP contribution is -2.22. The number of halogens is 1. The van der Waals surface area contributed by atoms with E-state index in [0.29, 0.717) is 12.0 Å². The lowest BCUT2D eigenvalue weighted by atomic mass is 9.81. The fraction of sp³-hybridized carbons (Fsp3) is 0.300. The maximum Gasteiger partial charge on any atom is 0.201 e. The van der Waals surface area contributed by atoms with Crippen molar-refractivity contribution < 1.29 is 24.9 Å². The van der Waals surface area contributed by atoms with Crippen molar-refractivity contribution in [2.24, 2.45) is 0 Å². The third-order valence-corrected chi connectivity index (χ3v) is 5.21. The molecule has 0 saturated heterocycles. The van der Waals surface area contributed by atoms with Gasteiger partial charge in [-0.25, -0.2) is 0 Å². The molecule has 0 radical (unpaired) electrons. The van der Waals surface area contributed by atoms with E-state index in [4.69, 9.17) is 0 Å². The molecule has 2 aromatic rings. The Balaban J connectivity index is 2.10. The number of rotatable bonds is 5. The topological polar surface area (TPSA) is 94.8 Å². The summed E-state index contributed by atoms with van der Waals surface area (Å²) in [5, 5.41) is 31.9. The molecule has 0 bridgehead atoms. The molecule has 136 valence electrons. The van der Waals surface area contributed by atoms with E-state index in [9.17, 15) is 24.9 Å². The Morgan fingerprint density at radius 1 is 0.846 bits per heavy atom. The van der Waals surface area contributed by atoms with E-state index >= 15 is 0 Å². The second kappa shape index (κ2) is 7.11. The molecule has 0 aromatic heterocycles. The van der Waals surface area contributed by atoms with Crippen molar-refractivity contribution in [3.63, 3.8) is 0 Å². The third-order valence-electron chi connectivity index (χ3n) is 4.65. The van der Waals surface area contributed by atoms with Gasteiger partial charge in [-0.2, -0.15) is 0 Å². The average Bonchev–Trinajstić information content (AvgIpc) is 2.57. The summed E-state index contributed by atoms with van der Waals surface area (Å²) < 4.78 is 0. The van der Waals surface area contributed by atoms with Crippen molar-refractivity contribution in [3.05, 3.63) is 51.6 Å². The van der Waals surface area contributed by atoms with Crippen molar-refractivity contribution in [3.8, 4) is 17.2 Å². The normalized spacial score (nSPS) is 12.8. The molecule has 0 atom stereocenters. The summed E-state index contributed by atoms with van der Waals surface area (Å²) in [4.78, 5) is 25.7. The number of benzene rings is 2. The van der Waals surface area contributed by atoms with Crippen LogP contribution in [0.15, 0.2) is 18.2 Å². The second-order valence-electron chi connectivity index (χ2n) is 6.51. The number of unbranched alkanes of at least 4 members (excludes halogenated alkanes) is 2. The number of aromatic hydroxyl groups is 3. The van der Waals surface area contributed by atoms with Gasteiger partial charge >= 0.3 is 0 Å². The van der Waals surface area contributed by atoms with Gasteiger partial charge in [0.15, 0.2) is 5.78 Å². The minimum Gasteiger partial charge on any atom is -0.508 e. The number of alkyl halides is 1. The van der Waals surface area contributed by atoms with Crippen LogP contribution in [-0.2, 0) is 6.42 Å². The van der Waals surface area contributed by atoms with E-state index in [0.717, 1.165) is 24.6 Å². The molecular formula is C20H19BrO5. The maximum absolute atomic E-state index is 12.9. The molecular weight excluding hydrogens is 400 g/mol. The number of hydrogen-bond donors (Lipinski definition) is 3. The molecule has 3 N–H and O–H groups in total. The Kier molecular flexibility index (Phi) is 5.05. The van der Waals surface area contributed by atoms with E-state index in [-0.39, 0.29) is 45.1 Å². The van der Waals surface area contributed by atoms with Crippen LogP contribution in [0, 0.1) is 6.92 Å². The lowest BCUT2D eigenvalue weighted by molar-refractivity contribution is 0.0973. The Morgan fingerprint density at radius 3 is 2.23 bits per heavy atom. The zero-order valence-corrected chi connectivity index (χ0v) is 15.9. The average molecular weight is 419 g/mol. The molecule has 0 amide bonds. The quantitative estimate of drug-likeness (QED) is 0.429. The van der Waals surface area contributed by atoms with Crippen LogP contribution in [0.3, 0.4) is 0 Å².